The molecule has 0 spiro atoms. The molecule has 0 aromatic rings. The third-order valence-electron chi connectivity index (χ3n) is 1.06. The van der Waals surface area contributed by atoms with Crippen LogP contribution in [0.15, 0.2) is 0 Å². The van der Waals surface area contributed by atoms with Crippen LogP contribution in [-0.4, -0.2) is 33.8 Å². The van der Waals surface area contributed by atoms with Gasteiger partial charge in [-0.05, 0) is 13.0 Å². The van der Waals surface area contributed by atoms with Crippen LogP contribution >= 0.6 is 24.0 Å². The van der Waals surface area contributed by atoms with E-state index >= 15 is 0 Å². The third-order valence-corrected chi connectivity index (χ3v) is 1.06. The van der Waals surface area contributed by atoms with Gasteiger partial charge in [0.05, 0.1) is 0 Å². The van der Waals surface area contributed by atoms with Gasteiger partial charge in [0.15, 0.2) is 0 Å². The molecule has 9 heavy (non-hydrogen) atoms. The number of nitrogens with two attached hydrogens (primary N) is 1. The van der Waals surface area contributed by atoms with Crippen LogP contribution in [0.4, 0.5) is 0 Å². The Labute approximate surface area is 95.3 Å². The Morgan fingerprint density at radius 3 is 2.00 bits per heavy atom. The maximum atomic E-state index is 5.27. The summed E-state index contributed by atoms with van der Waals surface area (Å²) in [5, 5.41) is 0. The van der Waals surface area contributed by atoms with Crippen LogP contribution in [0.5, 0.6) is 0 Å². The molecule has 0 aliphatic heterocycles. The van der Waals surface area contributed by atoms with Crippen LogP contribution in [0.2, 0.25) is 0 Å². The molecule has 2 radical (unpaired) electrons. The molecule has 1 nitrogen and oxygen atoms in total. The van der Waals surface area contributed by atoms with Crippen LogP contribution in [-0.2, 0) is 0 Å². The van der Waals surface area contributed by atoms with Crippen molar-refractivity contribution in [1.29, 1.82) is 0 Å². The van der Waals surface area contributed by atoms with E-state index in [1.54, 1.807) is 0 Å². The molecule has 0 amide bonds. The summed E-state index contributed by atoms with van der Waals surface area (Å²) in [5.74, 6) is 0. The Bertz CT molecular complexity index is 32.2. The van der Waals surface area contributed by atoms with Crippen LogP contribution in [0.25, 0.3) is 0 Å². The zero-order chi connectivity index (χ0) is 5.54. The van der Waals surface area contributed by atoms with Crippen molar-refractivity contribution < 1.29 is 0 Å². The van der Waals surface area contributed by atoms with E-state index in [9.17, 15) is 0 Å². The van der Waals surface area contributed by atoms with E-state index in [1.807, 2.05) is 0 Å². The van der Waals surface area contributed by atoms with Gasteiger partial charge in [-0.2, -0.15) is 0 Å². The molecule has 0 saturated carbocycles. The summed E-state index contributed by atoms with van der Waals surface area (Å²) in [6.45, 7) is 3.07. The normalized spacial score (nSPS) is 7.33. The summed E-state index contributed by atoms with van der Waals surface area (Å²) in [7, 11) is 0. The minimum absolute atomic E-state index is 0. The predicted octanol–water partition coefficient (Wildman–Crippen LogP) is 1.23. The van der Waals surface area contributed by atoms with Gasteiger partial charge in [-0.15, -0.1) is 24.0 Å². The Morgan fingerprint density at radius 1 is 1.11 bits per heavy atom. The van der Waals surface area contributed by atoms with Crippen LogP contribution < -0.4 is 5.73 Å². The van der Waals surface area contributed by atoms with Gasteiger partial charge in [-0.25, -0.2) is 0 Å². The third kappa shape index (κ3) is 17.7. The quantitative estimate of drug-likeness (QED) is 0.399. The van der Waals surface area contributed by atoms with Crippen molar-refractivity contribution >= 4 is 51.3 Å². The summed E-state index contributed by atoms with van der Waals surface area (Å²) < 4.78 is 0. The molecule has 0 unspecified atom stereocenters. The summed E-state index contributed by atoms with van der Waals surface area (Å²) in [4.78, 5) is 0. The fraction of sp³-hybridized carbons (Fsp3) is 1.00. The molecule has 0 aromatic carbocycles. The first-order chi connectivity index (χ1) is 3.41. The van der Waals surface area contributed by atoms with Crippen molar-refractivity contribution in [1.82, 2.24) is 0 Å². The summed E-state index contributed by atoms with van der Waals surface area (Å²) in [6.07, 6.45) is 5.16. The average Bonchev–Trinajstić information content (AvgIpc) is 1.69. The van der Waals surface area contributed by atoms with Gasteiger partial charge < -0.3 is 5.73 Å². The molecule has 3 heteroatoms. The molecule has 0 aliphatic carbocycles. The number of hydrogen-bond donors (Lipinski definition) is 1. The van der Waals surface area contributed by atoms with E-state index in [0.717, 1.165) is 6.54 Å². The number of halogens is 1. The zero-order valence-electron chi connectivity index (χ0n) is 6.23. The molecule has 0 aliphatic rings. The number of rotatable bonds is 4. The van der Waals surface area contributed by atoms with Crippen molar-refractivity contribution in [2.75, 3.05) is 6.54 Å². The van der Waals surface area contributed by atoms with Gasteiger partial charge >= 0.3 is 27.3 Å². The van der Waals surface area contributed by atoms with Crippen LogP contribution in [0.1, 0.15) is 32.6 Å². The maximum absolute atomic E-state index is 5.27. The standard InChI is InChI=1S/C6H15N.HI.Pb.2H/c1-2-3-4-5-6-7;;;;/h2-7H2,1H3;1H;;;. The summed E-state index contributed by atoms with van der Waals surface area (Å²) in [5.41, 5.74) is 5.27. The van der Waals surface area contributed by atoms with E-state index in [0.29, 0.717) is 0 Å². The van der Waals surface area contributed by atoms with E-state index < -0.39 is 0 Å². The van der Waals surface area contributed by atoms with E-state index in [-0.39, 0.29) is 51.3 Å². The van der Waals surface area contributed by atoms with E-state index in [4.69, 9.17) is 5.73 Å². The Hall–Kier alpha value is 1.61. The average molecular weight is 438 g/mol. The molecule has 0 heterocycles. The van der Waals surface area contributed by atoms with Gasteiger partial charge in [0, 0.05) is 0 Å². The Balaban J connectivity index is -0.000000180. The SMILES string of the molecule is CCCCCCN.I.[PbH2]. The van der Waals surface area contributed by atoms with Crippen molar-refractivity contribution in [3.05, 3.63) is 0 Å². The first-order valence-corrected chi connectivity index (χ1v) is 3.12. The van der Waals surface area contributed by atoms with Crippen LogP contribution in [0.3, 0.4) is 0 Å². The van der Waals surface area contributed by atoms with Gasteiger partial charge in [0.25, 0.3) is 0 Å². The summed E-state index contributed by atoms with van der Waals surface area (Å²) in [6, 6.07) is 0. The Kier molecular flexibility index (Phi) is 30.7. The number of hydrogen-bond acceptors (Lipinski definition) is 1. The van der Waals surface area contributed by atoms with E-state index in [1.165, 1.54) is 25.7 Å². The molecular weight excluding hydrogens is 420 g/mol. The van der Waals surface area contributed by atoms with Gasteiger partial charge in [0.2, 0.25) is 0 Å². The molecule has 0 bridgehead atoms. The second-order valence-corrected chi connectivity index (χ2v) is 1.85. The zero-order valence-corrected chi connectivity index (χ0v) is 14.1. The Morgan fingerprint density at radius 2 is 1.67 bits per heavy atom. The van der Waals surface area contributed by atoms with E-state index in [2.05, 4.69) is 6.92 Å². The molecule has 0 rings (SSSR count). The molecule has 0 fully saturated rings. The van der Waals surface area contributed by atoms with Gasteiger partial charge in [0.1, 0.15) is 0 Å². The first-order valence-electron chi connectivity index (χ1n) is 3.12. The van der Waals surface area contributed by atoms with Crippen LogP contribution in [0, 0.1) is 0 Å². The number of unbranched alkanes of at least 4 members (excludes halogenated alkanes) is 3. The molecule has 0 atom stereocenters. The van der Waals surface area contributed by atoms with Crippen molar-refractivity contribution in [2.45, 2.75) is 32.6 Å². The topological polar surface area (TPSA) is 26.0 Å². The van der Waals surface area contributed by atoms with Crippen molar-refractivity contribution in [3.8, 4) is 0 Å². The monoisotopic (exact) mass is 439 g/mol. The second-order valence-electron chi connectivity index (χ2n) is 1.85. The molecule has 58 valence electrons. The second kappa shape index (κ2) is 16.3. The van der Waals surface area contributed by atoms with Gasteiger partial charge in [-0.1, -0.05) is 26.2 Å². The molecular formula is C6H18INPb. The molecule has 0 saturated heterocycles. The fourth-order valence-electron chi connectivity index (χ4n) is 0.571. The van der Waals surface area contributed by atoms with Crippen molar-refractivity contribution in [3.63, 3.8) is 0 Å². The fourth-order valence-corrected chi connectivity index (χ4v) is 0.571. The van der Waals surface area contributed by atoms with Crippen molar-refractivity contribution in [2.24, 2.45) is 5.73 Å². The predicted molar refractivity (Wildman–Crippen MR) is 57.2 cm³/mol. The summed E-state index contributed by atoms with van der Waals surface area (Å²) >= 11 is 0. The molecule has 0 aromatic heterocycles. The first kappa shape index (κ1) is 16.9. The van der Waals surface area contributed by atoms with Gasteiger partial charge in [-0.3, -0.25) is 0 Å². The minimum atomic E-state index is 0. The molecule has 2 N–H and O–H groups in total.